The van der Waals surface area contributed by atoms with E-state index in [2.05, 4.69) is 0 Å². The molecule has 1 aliphatic rings. The Morgan fingerprint density at radius 1 is 1.32 bits per heavy atom. The van der Waals surface area contributed by atoms with Gasteiger partial charge in [-0.15, -0.1) is 0 Å². The Morgan fingerprint density at radius 3 is 2.68 bits per heavy atom. The Balaban J connectivity index is 1.96. The summed E-state index contributed by atoms with van der Waals surface area (Å²) in [5, 5.41) is 0.653. The second-order valence-electron chi connectivity index (χ2n) is 5.25. The molecular weight excluding hydrogens is 262 g/mol. The van der Waals surface area contributed by atoms with E-state index in [9.17, 15) is 4.79 Å². The first kappa shape index (κ1) is 14.4. The summed E-state index contributed by atoms with van der Waals surface area (Å²) in [4.78, 5) is 12.3. The van der Waals surface area contributed by atoms with Gasteiger partial charge >= 0.3 is 5.97 Å². The third kappa shape index (κ3) is 3.48. The van der Waals surface area contributed by atoms with Gasteiger partial charge in [-0.3, -0.25) is 4.79 Å². The molecule has 0 unspecified atom stereocenters. The number of hydrogen-bond acceptors (Lipinski definition) is 3. The average molecular weight is 282 g/mol. The van der Waals surface area contributed by atoms with Crippen LogP contribution in [0, 0.1) is 5.41 Å². The summed E-state index contributed by atoms with van der Waals surface area (Å²) in [6, 6.07) is 7.36. The molecule has 1 aliphatic carbocycles. The molecule has 2 N–H and O–H groups in total. The van der Waals surface area contributed by atoms with Crippen molar-refractivity contribution < 1.29 is 9.53 Å². The van der Waals surface area contributed by atoms with Gasteiger partial charge in [0.1, 0.15) is 6.61 Å². The molecule has 19 heavy (non-hydrogen) atoms. The molecule has 1 aromatic rings. The maximum Gasteiger partial charge on any atom is 0.313 e. The van der Waals surface area contributed by atoms with Crippen LogP contribution < -0.4 is 5.73 Å². The van der Waals surface area contributed by atoms with Crippen molar-refractivity contribution in [1.29, 1.82) is 0 Å². The van der Waals surface area contributed by atoms with E-state index in [4.69, 9.17) is 22.1 Å². The normalized spacial score (nSPS) is 18.0. The van der Waals surface area contributed by atoms with Gasteiger partial charge in [-0.25, -0.2) is 0 Å². The molecule has 104 valence electrons. The van der Waals surface area contributed by atoms with Crippen LogP contribution in [0.4, 0.5) is 0 Å². The zero-order valence-electron chi connectivity index (χ0n) is 11.0. The second-order valence-corrected chi connectivity index (χ2v) is 5.69. The summed E-state index contributed by atoms with van der Waals surface area (Å²) in [6.45, 7) is 0.641. The molecule has 0 heterocycles. The summed E-state index contributed by atoms with van der Waals surface area (Å²) < 4.78 is 5.44. The largest absolute Gasteiger partial charge is 0.460 e. The predicted molar refractivity (Wildman–Crippen MR) is 75.8 cm³/mol. The number of carbonyl (C=O) groups is 1. The van der Waals surface area contributed by atoms with E-state index in [0.29, 0.717) is 11.6 Å². The number of nitrogens with two attached hydrogens (primary N) is 1. The van der Waals surface area contributed by atoms with Crippen molar-refractivity contribution >= 4 is 17.6 Å². The van der Waals surface area contributed by atoms with Gasteiger partial charge in [0, 0.05) is 11.6 Å². The van der Waals surface area contributed by atoms with Gasteiger partial charge in [0.15, 0.2) is 0 Å². The summed E-state index contributed by atoms with van der Waals surface area (Å²) in [6.07, 6.45) is 4.99. The van der Waals surface area contributed by atoms with Crippen LogP contribution in [0.3, 0.4) is 0 Å². The molecule has 1 aromatic carbocycles. The topological polar surface area (TPSA) is 52.3 Å². The summed E-state index contributed by atoms with van der Waals surface area (Å²) >= 11 is 5.90. The monoisotopic (exact) mass is 281 g/mol. The van der Waals surface area contributed by atoms with E-state index in [1.807, 2.05) is 18.2 Å². The van der Waals surface area contributed by atoms with Crippen LogP contribution in [0.5, 0.6) is 0 Å². The van der Waals surface area contributed by atoms with Crippen molar-refractivity contribution in [2.45, 2.75) is 38.7 Å². The van der Waals surface area contributed by atoms with E-state index < -0.39 is 5.41 Å². The molecule has 0 spiro atoms. The minimum atomic E-state index is -0.461. The van der Waals surface area contributed by atoms with Crippen LogP contribution in [0.2, 0.25) is 5.02 Å². The quantitative estimate of drug-likeness (QED) is 0.862. The lowest BCUT2D eigenvalue weighted by Crippen LogP contribution is -2.41. The van der Waals surface area contributed by atoms with Crippen LogP contribution in [0.25, 0.3) is 0 Å². The first-order valence-corrected chi connectivity index (χ1v) is 7.16. The van der Waals surface area contributed by atoms with Gasteiger partial charge in [-0.1, -0.05) is 43.0 Å². The highest BCUT2D eigenvalue weighted by Crippen LogP contribution is 2.36. The highest BCUT2D eigenvalue weighted by molar-refractivity contribution is 6.30. The SMILES string of the molecule is NCC1(C(=O)OCc2cccc(Cl)c2)CCCCC1. The minimum absolute atomic E-state index is 0.158. The smallest absolute Gasteiger partial charge is 0.313 e. The predicted octanol–water partition coefficient (Wildman–Crippen LogP) is 3.29. The fourth-order valence-electron chi connectivity index (χ4n) is 2.65. The number of rotatable bonds is 4. The number of halogens is 1. The van der Waals surface area contributed by atoms with Gasteiger partial charge < -0.3 is 10.5 Å². The summed E-state index contributed by atoms with van der Waals surface area (Å²) in [5.41, 5.74) is 6.26. The molecule has 0 amide bonds. The van der Waals surface area contributed by atoms with Crippen molar-refractivity contribution in [2.24, 2.45) is 11.1 Å². The van der Waals surface area contributed by atoms with Crippen molar-refractivity contribution in [3.63, 3.8) is 0 Å². The van der Waals surface area contributed by atoms with Gasteiger partial charge in [0.05, 0.1) is 5.41 Å². The van der Waals surface area contributed by atoms with Crippen molar-refractivity contribution in [3.05, 3.63) is 34.9 Å². The lowest BCUT2D eigenvalue weighted by Gasteiger charge is -2.33. The Morgan fingerprint density at radius 2 is 2.05 bits per heavy atom. The fraction of sp³-hybridized carbons (Fsp3) is 0.533. The summed E-state index contributed by atoms with van der Waals surface area (Å²) in [5.74, 6) is -0.158. The average Bonchev–Trinajstić information content (AvgIpc) is 2.45. The Kier molecular flexibility index (Phi) is 4.83. The van der Waals surface area contributed by atoms with Gasteiger partial charge in [-0.2, -0.15) is 0 Å². The third-order valence-corrected chi connectivity index (χ3v) is 4.13. The fourth-order valence-corrected chi connectivity index (χ4v) is 2.86. The molecule has 0 atom stereocenters. The van der Waals surface area contributed by atoms with Crippen LogP contribution in [0.15, 0.2) is 24.3 Å². The highest BCUT2D eigenvalue weighted by atomic mass is 35.5. The summed E-state index contributed by atoms with van der Waals surface area (Å²) in [7, 11) is 0. The molecule has 4 heteroatoms. The van der Waals surface area contributed by atoms with E-state index in [-0.39, 0.29) is 12.6 Å². The van der Waals surface area contributed by atoms with Crippen LogP contribution in [0.1, 0.15) is 37.7 Å². The van der Waals surface area contributed by atoms with Crippen molar-refractivity contribution in [3.8, 4) is 0 Å². The Hall–Kier alpha value is -1.06. The molecule has 2 rings (SSSR count). The Labute approximate surface area is 119 Å². The van der Waals surface area contributed by atoms with Gasteiger partial charge in [0.25, 0.3) is 0 Å². The molecule has 3 nitrogen and oxygen atoms in total. The third-order valence-electron chi connectivity index (χ3n) is 3.89. The standard InChI is InChI=1S/C15H20ClNO2/c16-13-6-4-5-12(9-13)10-19-14(18)15(11-17)7-2-1-3-8-15/h4-6,9H,1-3,7-8,10-11,17H2. The van der Waals surface area contributed by atoms with Crippen LogP contribution >= 0.6 is 11.6 Å². The lowest BCUT2D eigenvalue weighted by molar-refractivity contribution is -0.158. The highest BCUT2D eigenvalue weighted by Gasteiger charge is 2.39. The molecule has 1 saturated carbocycles. The second kappa shape index (κ2) is 6.40. The molecular formula is C15H20ClNO2. The number of carbonyl (C=O) groups excluding carboxylic acids is 1. The number of hydrogen-bond donors (Lipinski definition) is 1. The zero-order chi connectivity index (χ0) is 13.7. The number of benzene rings is 1. The van der Waals surface area contributed by atoms with Crippen molar-refractivity contribution in [2.75, 3.05) is 6.54 Å². The van der Waals surface area contributed by atoms with E-state index in [1.54, 1.807) is 6.07 Å². The molecule has 0 aromatic heterocycles. The van der Waals surface area contributed by atoms with Crippen LogP contribution in [-0.2, 0) is 16.1 Å². The molecule has 0 radical (unpaired) electrons. The maximum absolute atomic E-state index is 12.3. The Bertz CT molecular complexity index is 442. The molecule has 0 bridgehead atoms. The van der Waals surface area contributed by atoms with Crippen molar-refractivity contribution in [1.82, 2.24) is 0 Å². The number of esters is 1. The number of ether oxygens (including phenoxy) is 1. The van der Waals surface area contributed by atoms with E-state index in [0.717, 1.165) is 31.2 Å². The van der Waals surface area contributed by atoms with Gasteiger partial charge in [-0.05, 0) is 30.5 Å². The van der Waals surface area contributed by atoms with E-state index >= 15 is 0 Å². The maximum atomic E-state index is 12.3. The molecule has 0 aliphatic heterocycles. The van der Waals surface area contributed by atoms with Crippen LogP contribution in [-0.4, -0.2) is 12.5 Å². The zero-order valence-corrected chi connectivity index (χ0v) is 11.8. The van der Waals surface area contributed by atoms with E-state index in [1.165, 1.54) is 6.42 Å². The van der Waals surface area contributed by atoms with Gasteiger partial charge in [0.2, 0.25) is 0 Å². The molecule has 0 saturated heterocycles. The first-order valence-electron chi connectivity index (χ1n) is 6.78. The molecule has 1 fully saturated rings. The minimum Gasteiger partial charge on any atom is -0.460 e. The first-order chi connectivity index (χ1) is 9.16. The lowest BCUT2D eigenvalue weighted by atomic mass is 9.74.